The van der Waals surface area contributed by atoms with Crippen molar-refractivity contribution in [1.82, 2.24) is 15.0 Å². The lowest BCUT2D eigenvalue weighted by Crippen LogP contribution is -2.22. The fourth-order valence-corrected chi connectivity index (χ4v) is 2.61. The van der Waals surface area contributed by atoms with Gasteiger partial charge in [0.05, 0.1) is 18.5 Å². The van der Waals surface area contributed by atoms with Gasteiger partial charge >= 0.3 is 0 Å². The molecule has 6 heteroatoms. The molecule has 0 radical (unpaired) electrons. The van der Waals surface area contributed by atoms with Crippen molar-refractivity contribution >= 4 is 6.08 Å². The highest BCUT2D eigenvalue weighted by molar-refractivity contribution is 5.56. The number of nitrogens with two attached hydrogens (primary N) is 1. The van der Waals surface area contributed by atoms with Crippen LogP contribution in [0.4, 0.5) is 0 Å². The Morgan fingerprint density at radius 3 is 3.09 bits per heavy atom. The summed E-state index contributed by atoms with van der Waals surface area (Å²) in [5.74, 6) is 0. The molecular weight excluding hydrogens is 292 g/mol. The number of hydrogen-bond donors (Lipinski definition) is 1. The van der Waals surface area contributed by atoms with Crippen molar-refractivity contribution in [2.24, 2.45) is 5.73 Å². The molecule has 1 saturated heterocycles. The van der Waals surface area contributed by atoms with Gasteiger partial charge in [0.25, 0.3) is 0 Å². The minimum atomic E-state index is -0.120. The lowest BCUT2D eigenvalue weighted by Gasteiger charge is -2.22. The largest absolute Gasteiger partial charge is 0.353 e. The molecule has 1 fully saturated rings. The summed E-state index contributed by atoms with van der Waals surface area (Å²) in [7, 11) is 0. The van der Waals surface area contributed by atoms with Gasteiger partial charge in [-0.2, -0.15) is 0 Å². The molecule has 0 amide bonds. The molecule has 0 saturated carbocycles. The summed E-state index contributed by atoms with van der Waals surface area (Å²) in [4.78, 5) is 0. The van der Waals surface area contributed by atoms with E-state index in [4.69, 9.17) is 15.2 Å². The maximum Gasteiger partial charge on any atom is 0.158 e. The Hall–Kier alpha value is -2.02. The van der Waals surface area contributed by atoms with E-state index in [-0.39, 0.29) is 6.29 Å². The van der Waals surface area contributed by atoms with Crippen molar-refractivity contribution in [3.05, 3.63) is 47.8 Å². The first-order chi connectivity index (χ1) is 11.3. The van der Waals surface area contributed by atoms with E-state index in [2.05, 4.69) is 16.9 Å². The Labute approximate surface area is 135 Å². The first-order valence-electron chi connectivity index (χ1n) is 7.90. The van der Waals surface area contributed by atoms with Crippen LogP contribution in [0, 0.1) is 0 Å². The highest BCUT2D eigenvalue weighted by atomic mass is 16.7. The Bertz CT molecular complexity index is 662. The van der Waals surface area contributed by atoms with Crippen LogP contribution in [0.15, 0.2) is 31.0 Å². The van der Waals surface area contributed by atoms with Crippen LogP contribution in [0.1, 0.15) is 36.1 Å². The molecule has 1 aromatic carbocycles. The molecule has 2 aromatic rings. The first kappa shape index (κ1) is 15.9. The van der Waals surface area contributed by atoms with Gasteiger partial charge in [-0.3, -0.25) is 0 Å². The van der Waals surface area contributed by atoms with Crippen LogP contribution in [0.25, 0.3) is 11.8 Å². The van der Waals surface area contributed by atoms with Gasteiger partial charge < -0.3 is 15.2 Å². The van der Waals surface area contributed by atoms with Gasteiger partial charge in [-0.1, -0.05) is 23.9 Å². The standard InChI is InChI=1S/C17H22N4O2/c1-2-13-9-16(7-6-14(13)10-18)21-11-15(19-20-21)12-23-17-5-3-4-8-22-17/h2,6-7,9,11,17H,1,3-5,8,10,12,18H2. The van der Waals surface area contributed by atoms with Crippen molar-refractivity contribution in [1.29, 1.82) is 0 Å². The van der Waals surface area contributed by atoms with E-state index in [1.54, 1.807) is 10.8 Å². The van der Waals surface area contributed by atoms with Crippen molar-refractivity contribution < 1.29 is 9.47 Å². The summed E-state index contributed by atoms with van der Waals surface area (Å²) < 4.78 is 13.0. The summed E-state index contributed by atoms with van der Waals surface area (Å²) in [6.45, 7) is 5.49. The Kier molecular flexibility index (Phi) is 5.17. The van der Waals surface area contributed by atoms with Gasteiger partial charge in [0.1, 0.15) is 5.69 Å². The highest BCUT2D eigenvalue weighted by Gasteiger charge is 2.15. The SMILES string of the molecule is C=Cc1cc(-n2cc(COC3CCCCO3)nn2)ccc1CN. The average Bonchev–Trinajstić information content (AvgIpc) is 3.09. The molecule has 1 aliphatic heterocycles. The van der Waals surface area contributed by atoms with Gasteiger partial charge in [-0.05, 0) is 42.5 Å². The number of hydrogen-bond acceptors (Lipinski definition) is 5. The fourth-order valence-electron chi connectivity index (χ4n) is 2.61. The van der Waals surface area contributed by atoms with E-state index in [1.165, 1.54) is 0 Å². The third-order valence-corrected chi connectivity index (χ3v) is 3.93. The third kappa shape index (κ3) is 3.85. The Balaban J connectivity index is 1.67. The average molecular weight is 314 g/mol. The zero-order valence-electron chi connectivity index (χ0n) is 13.1. The second kappa shape index (κ2) is 7.50. The minimum absolute atomic E-state index is 0.120. The number of rotatable bonds is 6. The van der Waals surface area contributed by atoms with Crippen LogP contribution in [-0.4, -0.2) is 27.9 Å². The second-order valence-corrected chi connectivity index (χ2v) is 5.55. The summed E-state index contributed by atoms with van der Waals surface area (Å²) >= 11 is 0. The summed E-state index contributed by atoms with van der Waals surface area (Å²) in [5.41, 5.74) is 9.49. The van der Waals surface area contributed by atoms with Crippen molar-refractivity contribution in [3.63, 3.8) is 0 Å². The minimum Gasteiger partial charge on any atom is -0.353 e. The van der Waals surface area contributed by atoms with Crippen molar-refractivity contribution in [2.75, 3.05) is 6.61 Å². The van der Waals surface area contributed by atoms with Crippen LogP contribution >= 0.6 is 0 Å². The molecule has 2 N–H and O–H groups in total. The molecule has 0 aliphatic carbocycles. The molecule has 122 valence electrons. The quantitative estimate of drug-likeness (QED) is 0.886. The van der Waals surface area contributed by atoms with E-state index in [0.717, 1.165) is 48.4 Å². The molecular formula is C17H22N4O2. The summed E-state index contributed by atoms with van der Waals surface area (Å²) in [6.07, 6.45) is 6.75. The van der Waals surface area contributed by atoms with Crippen molar-refractivity contribution in [3.8, 4) is 5.69 Å². The topological polar surface area (TPSA) is 75.2 Å². The summed E-state index contributed by atoms with van der Waals surface area (Å²) in [6, 6.07) is 5.96. The number of nitrogens with zero attached hydrogens (tertiary/aromatic N) is 3. The zero-order chi connectivity index (χ0) is 16.1. The van der Waals surface area contributed by atoms with Gasteiger partial charge in [-0.25, -0.2) is 4.68 Å². The lowest BCUT2D eigenvalue weighted by atomic mass is 10.1. The predicted octanol–water partition coefficient (Wildman–Crippen LogP) is 2.41. The molecule has 23 heavy (non-hydrogen) atoms. The van der Waals surface area contributed by atoms with Gasteiger partial charge in [0.15, 0.2) is 6.29 Å². The molecule has 0 bridgehead atoms. The van der Waals surface area contributed by atoms with Crippen LogP contribution < -0.4 is 5.73 Å². The van der Waals surface area contributed by atoms with Crippen LogP contribution in [0.3, 0.4) is 0 Å². The lowest BCUT2D eigenvalue weighted by molar-refractivity contribution is -0.169. The van der Waals surface area contributed by atoms with Crippen LogP contribution in [0.2, 0.25) is 0 Å². The molecule has 1 atom stereocenters. The molecule has 2 heterocycles. The van der Waals surface area contributed by atoms with E-state index in [9.17, 15) is 0 Å². The van der Waals surface area contributed by atoms with Crippen molar-refractivity contribution in [2.45, 2.75) is 38.7 Å². The van der Waals surface area contributed by atoms with E-state index >= 15 is 0 Å². The monoisotopic (exact) mass is 314 g/mol. The smallest absolute Gasteiger partial charge is 0.158 e. The molecule has 1 aromatic heterocycles. The maximum absolute atomic E-state index is 5.73. The molecule has 1 aliphatic rings. The van der Waals surface area contributed by atoms with E-state index in [1.807, 2.05) is 24.4 Å². The molecule has 6 nitrogen and oxygen atoms in total. The number of ether oxygens (including phenoxy) is 2. The predicted molar refractivity (Wildman–Crippen MR) is 87.7 cm³/mol. The number of aromatic nitrogens is 3. The second-order valence-electron chi connectivity index (χ2n) is 5.55. The van der Waals surface area contributed by atoms with Gasteiger partial charge in [0.2, 0.25) is 0 Å². The fraction of sp³-hybridized carbons (Fsp3) is 0.412. The van der Waals surface area contributed by atoms with E-state index in [0.29, 0.717) is 13.2 Å². The summed E-state index contributed by atoms with van der Waals surface area (Å²) in [5, 5.41) is 8.32. The zero-order valence-corrected chi connectivity index (χ0v) is 13.1. The Morgan fingerprint density at radius 1 is 1.43 bits per heavy atom. The molecule has 3 rings (SSSR count). The highest BCUT2D eigenvalue weighted by Crippen LogP contribution is 2.17. The molecule has 0 spiro atoms. The van der Waals surface area contributed by atoms with Crippen LogP contribution in [0.5, 0.6) is 0 Å². The first-order valence-corrected chi connectivity index (χ1v) is 7.90. The van der Waals surface area contributed by atoms with Gasteiger partial charge in [0, 0.05) is 13.2 Å². The normalized spacial score (nSPS) is 18.0. The van der Waals surface area contributed by atoms with Crippen LogP contribution in [-0.2, 0) is 22.6 Å². The molecule has 1 unspecified atom stereocenters. The third-order valence-electron chi connectivity index (χ3n) is 3.93. The Morgan fingerprint density at radius 2 is 2.35 bits per heavy atom. The van der Waals surface area contributed by atoms with Gasteiger partial charge in [-0.15, -0.1) is 5.10 Å². The maximum atomic E-state index is 5.73. The number of benzene rings is 1. The van der Waals surface area contributed by atoms with E-state index < -0.39 is 0 Å².